The largest absolute Gasteiger partial charge is 0.465 e. The first kappa shape index (κ1) is 23.2. The second kappa shape index (κ2) is 8.12. The van der Waals surface area contributed by atoms with Crippen molar-refractivity contribution in [2.24, 2.45) is 34.5 Å². The van der Waals surface area contributed by atoms with Crippen LogP contribution in [0.2, 0.25) is 0 Å². The molecule has 0 unspecified atom stereocenters. The molecular weight excluding hydrogens is 464 g/mol. The summed E-state index contributed by atoms with van der Waals surface area (Å²) in [5.41, 5.74) is -0.183. The van der Waals surface area contributed by atoms with E-state index >= 15 is 0 Å². The molecule has 9 atom stereocenters. The quantitative estimate of drug-likeness (QED) is 0.352. The maximum absolute atomic E-state index is 12.9. The minimum absolute atomic E-state index is 0.0441. The number of rotatable bonds is 5. The maximum Gasteiger partial charge on any atom is 0.303 e. The highest BCUT2D eigenvalue weighted by Crippen LogP contribution is 2.70. The van der Waals surface area contributed by atoms with Crippen molar-refractivity contribution in [2.75, 3.05) is 6.61 Å². The first-order chi connectivity index (χ1) is 14.6. The first-order valence-corrected chi connectivity index (χ1v) is 12.5. The van der Waals surface area contributed by atoms with Gasteiger partial charge in [0.25, 0.3) is 6.47 Å². The zero-order valence-electron chi connectivity index (χ0n) is 18.8. The van der Waals surface area contributed by atoms with Crippen LogP contribution in [-0.2, 0) is 23.9 Å². The van der Waals surface area contributed by atoms with Crippen LogP contribution in [0, 0.1) is 34.5 Å². The molecule has 4 fully saturated rings. The van der Waals surface area contributed by atoms with Gasteiger partial charge in [0.1, 0.15) is 12.7 Å². The average Bonchev–Trinajstić information content (AvgIpc) is 3.06. The van der Waals surface area contributed by atoms with Gasteiger partial charge in [-0.3, -0.25) is 14.4 Å². The Labute approximate surface area is 192 Å². The third-order valence-corrected chi connectivity index (χ3v) is 11.6. The van der Waals surface area contributed by atoms with Gasteiger partial charge in [-0.15, -0.1) is 0 Å². The zero-order valence-corrected chi connectivity index (χ0v) is 20.4. The van der Waals surface area contributed by atoms with E-state index in [1.54, 1.807) is 0 Å². The van der Waals surface area contributed by atoms with Crippen molar-refractivity contribution in [3.63, 3.8) is 0 Å². The number of alkyl halides is 1. The van der Waals surface area contributed by atoms with Gasteiger partial charge < -0.3 is 14.6 Å². The predicted octanol–water partition coefficient (Wildman–Crippen LogP) is 3.81. The van der Waals surface area contributed by atoms with Crippen LogP contribution < -0.4 is 0 Å². The van der Waals surface area contributed by atoms with Crippen LogP contribution in [0.15, 0.2) is 0 Å². The lowest BCUT2D eigenvalue weighted by Gasteiger charge is -2.65. The highest BCUT2D eigenvalue weighted by atomic mass is 79.9. The molecule has 0 aliphatic heterocycles. The minimum Gasteiger partial charge on any atom is -0.465 e. The highest BCUT2D eigenvalue weighted by Gasteiger charge is 2.67. The molecule has 4 aliphatic carbocycles. The van der Waals surface area contributed by atoms with Crippen LogP contribution in [0.5, 0.6) is 0 Å². The number of hydrogen-bond donors (Lipinski definition) is 1. The van der Waals surface area contributed by atoms with Crippen LogP contribution in [0.1, 0.15) is 72.1 Å². The summed E-state index contributed by atoms with van der Waals surface area (Å²) in [5.74, 6) is 0.790. The maximum atomic E-state index is 12.9. The monoisotopic (exact) mass is 498 g/mol. The molecule has 0 aromatic rings. The number of ether oxygens (including phenoxy) is 2. The van der Waals surface area contributed by atoms with E-state index in [2.05, 4.69) is 29.8 Å². The summed E-state index contributed by atoms with van der Waals surface area (Å²) in [6, 6.07) is 0. The molecule has 0 aromatic carbocycles. The van der Waals surface area contributed by atoms with Crippen molar-refractivity contribution in [2.45, 2.75) is 88.7 Å². The molecule has 174 valence electrons. The minimum atomic E-state index is -0.519. The Hall–Kier alpha value is -0.950. The van der Waals surface area contributed by atoms with Crippen molar-refractivity contribution in [1.82, 2.24) is 0 Å². The SMILES string of the molecule is CC(=O)OCC(=O)[C@H]1CC[C@@H]2[C@@H]3C[C@@H](O)[C@@]4(Br)C[C@@H](OC=O)CC[C@]4(C)[C@H]3CC[C@]12C. The summed E-state index contributed by atoms with van der Waals surface area (Å²) < 4.78 is 9.87. The van der Waals surface area contributed by atoms with Crippen LogP contribution in [-0.4, -0.2) is 46.5 Å². The van der Waals surface area contributed by atoms with Crippen LogP contribution in [0.25, 0.3) is 0 Å². The summed E-state index contributed by atoms with van der Waals surface area (Å²) >= 11 is 3.97. The number of aliphatic hydroxyl groups is 1. The van der Waals surface area contributed by atoms with Crippen LogP contribution >= 0.6 is 15.9 Å². The van der Waals surface area contributed by atoms with E-state index in [9.17, 15) is 19.5 Å². The van der Waals surface area contributed by atoms with Gasteiger partial charge in [0.2, 0.25) is 0 Å². The van der Waals surface area contributed by atoms with E-state index in [1.165, 1.54) is 6.92 Å². The number of Topliss-reactive ketones (excluding diaryl/α,β-unsaturated/α-hetero) is 1. The van der Waals surface area contributed by atoms with Gasteiger partial charge in [0.15, 0.2) is 5.78 Å². The summed E-state index contributed by atoms with van der Waals surface area (Å²) in [4.78, 5) is 35.0. The van der Waals surface area contributed by atoms with Crippen molar-refractivity contribution < 1.29 is 29.0 Å². The molecule has 0 spiro atoms. The molecule has 1 N–H and O–H groups in total. The van der Waals surface area contributed by atoms with Gasteiger partial charge in [0.05, 0.1) is 10.4 Å². The van der Waals surface area contributed by atoms with Crippen LogP contribution in [0.4, 0.5) is 0 Å². The molecule has 0 saturated heterocycles. The lowest BCUT2D eigenvalue weighted by molar-refractivity contribution is -0.165. The third kappa shape index (κ3) is 3.49. The summed E-state index contributed by atoms with van der Waals surface area (Å²) in [7, 11) is 0. The Morgan fingerprint density at radius 1 is 1.13 bits per heavy atom. The van der Waals surface area contributed by atoms with E-state index in [0.717, 1.165) is 38.5 Å². The van der Waals surface area contributed by atoms with Gasteiger partial charge in [-0.05, 0) is 73.5 Å². The molecule has 7 heteroatoms. The average molecular weight is 499 g/mol. The van der Waals surface area contributed by atoms with Crippen molar-refractivity contribution in [1.29, 1.82) is 0 Å². The van der Waals surface area contributed by atoms with Gasteiger partial charge in [-0.1, -0.05) is 29.8 Å². The van der Waals surface area contributed by atoms with Gasteiger partial charge >= 0.3 is 5.97 Å². The van der Waals surface area contributed by atoms with Gasteiger partial charge in [0, 0.05) is 19.3 Å². The topological polar surface area (TPSA) is 89.9 Å². The second-order valence-corrected chi connectivity index (χ2v) is 12.3. The Morgan fingerprint density at radius 3 is 2.55 bits per heavy atom. The normalized spacial score (nSPS) is 48.7. The zero-order chi connectivity index (χ0) is 22.6. The van der Waals surface area contributed by atoms with Crippen molar-refractivity contribution >= 4 is 34.2 Å². The van der Waals surface area contributed by atoms with E-state index in [0.29, 0.717) is 37.1 Å². The Morgan fingerprint density at radius 2 is 1.87 bits per heavy atom. The van der Waals surface area contributed by atoms with E-state index in [4.69, 9.17) is 9.47 Å². The fourth-order valence-corrected chi connectivity index (χ4v) is 9.23. The van der Waals surface area contributed by atoms with E-state index < -0.39 is 16.4 Å². The third-order valence-electron chi connectivity index (χ3n) is 9.79. The molecule has 0 heterocycles. The lowest BCUT2D eigenvalue weighted by Crippen LogP contribution is -2.66. The highest BCUT2D eigenvalue weighted by molar-refractivity contribution is 9.10. The van der Waals surface area contributed by atoms with Gasteiger partial charge in [-0.25, -0.2) is 0 Å². The number of fused-ring (bicyclic) bond motifs is 5. The van der Waals surface area contributed by atoms with Crippen LogP contribution in [0.3, 0.4) is 0 Å². The molecule has 0 radical (unpaired) electrons. The van der Waals surface area contributed by atoms with E-state index in [1.807, 2.05) is 0 Å². The molecular formula is C24H35BrO6. The number of esters is 1. The lowest BCUT2D eigenvalue weighted by atomic mass is 9.44. The Kier molecular flexibility index (Phi) is 6.08. The molecule has 31 heavy (non-hydrogen) atoms. The molecule has 4 saturated carbocycles. The number of carbonyl (C=O) groups excluding carboxylic acids is 3. The number of aliphatic hydroxyl groups excluding tert-OH is 1. The second-order valence-electron chi connectivity index (χ2n) is 10.9. The number of carbonyl (C=O) groups is 3. The van der Waals surface area contributed by atoms with Crippen molar-refractivity contribution in [3.8, 4) is 0 Å². The first-order valence-electron chi connectivity index (χ1n) is 11.7. The summed E-state index contributed by atoms with van der Waals surface area (Å²) in [5, 5.41) is 11.4. The molecule has 6 nitrogen and oxygen atoms in total. The molecule has 0 bridgehead atoms. The smallest absolute Gasteiger partial charge is 0.303 e. The summed E-state index contributed by atoms with van der Waals surface area (Å²) in [6.45, 7) is 6.29. The molecule has 0 aromatic heterocycles. The molecule has 4 rings (SSSR count). The predicted molar refractivity (Wildman–Crippen MR) is 117 cm³/mol. The summed E-state index contributed by atoms with van der Waals surface area (Å²) in [6.07, 6.45) is 6.26. The van der Waals surface area contributed by atoms with E-state index in [-0.39, 0.29) is 35.2 Å². The molecule has 0 amide bonds. The Bertz CT molecular complexity index is 756. The van der Waals surface area contributed by atoms with Crippen molar-refractivity contribution in [3.05, 3.63) is 0 Å². The molecule has 4 aliphatic rings. The fraction of sp³-hybridized carbons (Fsp3) is 0.875. The Balaban J connectivity index is 1.57. The number of hydrogen-bond acceptors (Lipinski definition) is 6. The number of halogens is 1. The number of ketones is 1. The fourth-order valence-electron chi connectivity index (χ4n) is 8.19. The van der Waals surface area contributed by atoms with Gasteiger partial charge in [-0.2, -0.15) is 0 Å². The standard InChI is InChI=1S/C24H35BrO6/c1-14(27)30-12-20(28)19-5-4-17-16-10-21(29)24(25)11-15(31-13-26)6-9-23(24,3)18(16)7-8-22(17,19)2/h13,15-19,21,29H,4-12H2,1-3H3/t15-,16-,17+,18-,19+,21+,22-,23+,24-/m0/s1.